The molecule has 0 aliphatic rings. The molecule has 0 heterocycles. The van der Waals surface area contributed by atoms with Crippen LogP contribution in [-0.2, 0) is 11.5 Å². The fourth-order valence-corrected chi connectivity index (χ4v) is 2.98. The Kier molecular flexibility index (Phi) is 5.14. The Labute approximate surface area is 142 Å². The van der Waals surface area contributed by atoms with E-state index in [4.69, 9.17) is 34.8 Å². The van der Waals surface area contributed by atoms with Gasteiger partial charge in [0.05, 0.1) is 20.6 Å². The van der Waals surface area contributed by atoms with E-state index in [1.54, 1.807) is 6.07 Å². The molecule has 0 saturated carbocycles. The van der Waals surface area contributed by atoms with Crippen molar-refractivity contribution in [2.45, 2.75) is 11.5 Å². The maximum atomic E-state index is 13.3. The third-order valence-electron chi connectivity index (χ3n) is 2.86. The van der Waals surface area contributed by atoms with E-state index >= 15 is 0 Å². The Morgan fingerprint density at radius 3 is 2.14 bits per heavy atom. The molecule has 0 amide bonds. The molecule has 0 atom stereocenters. The molecule has 2 rings (SSSR count). The van der Waals surface area contributed by atoms with Gasteiger partial charge in [-0.3, -0.25) is 0 Å². The zero-order valence-electron chi connectivity index (χ0n) is 10.2. The molecule has 0 unspecified atom stereocenters. The molecular weight excluding hydrogens is 411 g/mol. The van der Waals surface area contributed by atoms with E-state index in [2.05, 4.69) is 15.9 Å². The summed E-state index contributed by atoms with van der Waals surface area (Å²) >= 11 is 21.1. The third-order valence-corrected chi connectivity index (χ3v) is 4.62. The second-order valence-corrected chi connectivity index (χ2v) is 5.98. The lowest BCUT2D eigenvalue weighted by atomic mass is 9.97. The van der Waals surface area contributed by atoms with Gasteiger partial charge in [-0.15, -0.1) is 0 Å². The van der Waals surface area contributed by atoms with Crippen LogP contribution >= 0.6 is 50.7 Å². The van der Waals surface area contributed by atoms with E-state index in [1.165, 1.54) is 18.2 Å². The van der Waals surface area contributed by atoms with Crippen molar-refractivity contribution in [3.8, 4) is 11.1 Å². The molecule has 0 spiro atoms. The summed E-state index contributed by atoms with van der Waals surface area (Å²) in [5.41, 5.74) is -0.310. The fourth-order valence-electron chi connectivity index (χ4n) is 1.90. The predicted octanol–water partition coefficient (Wildman–Crippen LogP) is 7.23. The molecular formula is C14H7BrCl3F3. The molecule has 0 aliphatic heterocycles. The average molecular weight is 418 g/mol. The van der Waals surface area contributed by atoms with E-state index in [0.29, 0.717) is 10.9 Å². The first-order valence-corrected chi connectivity index (χ1v) is 7.91. The van der Waals surface area contributed by atoms with Crippen LogP contribution in [0, 0.1) is 0 Å². The fraction of sp³-hybridized carbons (Fsp3) is 0.143. The number of rotatable bonds is 2. The highest BCUT2D eigenvalue weighted by Gasteiger charge is 2.35. The molecule has 2 aromatic carbocycles. The molecule has 0 N–H and O–H groups in total. The quantitative estimate of drug-likeness (QED) is 0.357. The van der Waals surface area contributed by atoms with E-state index in [-0.39, 0.29) is 26.2 Å². The van der Waals surface area contributed by atoms with Gasteiger partial charge in [0.2, 0.25) is 0 Å². The molecule has 0 aliphatic carbocycles. The number of halogens is 7. The average Bonchev–Trinajstić information content (AvgIpc) is 2.42. The summed E-state index contributed by atoms with van der Waals surface area (Å²) in [4.78, 5) is 0. The van der Waals surface area contributed by atoms with Crippen LogP contribution in [-0.4, -0.2) is 0 Å². The Balaban J connectivity index is 2.79. The standard InChI is InChI=1S/C14H7BrCl3F3/c15-6-7-1-2-8(9(5-7)14(19,20)21)12-10(16)3-4-11(17)13(12)18/h1-5H,6H2. The Morgan fingerprint density at radius 2 is 1.57 bits per heavy atom. The van der Waals surface area contributed by atoms with E-state index in [1.807, 2.05) is 0 Å². The minimum atomic E-state index is -4.53. The molecule has 0 aromatic heterocycles. The van der Waals surface area contributed by atoms with Crippen molar-refractivity contribution in [3.05, 3.63) is 56.5 Å². The molecule has 0 radical (unpaired) electrons. The Bertz CT molecular complexity index is 684. The van der Waals surface area contributed by atoms with Gasteiger partial charge in [0.1, 0.15) is 0 Å². The number of benzene rings is 2. The first-order chi connectivity index (χ1) is 9.75. The second kappa shape index (κ2) is 6.37. The van der Waals surface area contributed by atoms with Crippen molar-refractivity contribution in [2.75, 3.05) is 0 Å². The molecule has 0 bridgehead atoms. The highest BCUT2D eigenvalue weighted by atomic mass is 79.9. The molecule has 0 saturated heterocycles. The van der Waals surface area contributed by atoms with E-state index < -0.39 is 11.7 Å². The van der Waals surface area contributed by atoms with Gasteiger partial charge in [0, 0.05) is 10.9 Å². The lowest BCUT2D eigenvalue weighted by Crippen LogP contribution is -2.08. The summed E-state index contributed by atoms with van der Waals surface area (Å²) in [7, 11) is 0. The smallest absolute Gasteiger partial charge is 0.166 e. The Morgan fingerprint density at radius 1 is 0.952 bits per heavy atom. The van der Waals surface area contributed by atoms with Crippen LogP contribution in [0.25, 0.3) is 11.1 Å². The van der Waals surface area contributed by atoms with Crippen molar-refractivity contribution in [2.24, 2.45) is 0 Å². The summed E-state index contributed by atoms with van der Waals surface area (Å²) in [6.07, 6.45) is -4.53. The van der Waals surface area contributed by atoms with Crippen LogP contribution < -0.4 is 0 Å². The van der Waals surface area contributed by atoms with Gasteiger partial charge in [-0.1, -0.05) is 62.9 Å². The monoisotopic (exact) mass is 416 g/mol. The van der Waals surface area contributed by atoms with Crippen LogP contribution in [0.4, 0.5) is 13.2 Å². The molecule has 21 heavy (non-hydrogen) atoms. The molecule has 7 heteroatoms. The van der Waals surface area contributed by atoms with Gasteiger partial charge in [0.15, 0.2) is 0 Å². The molecule has 0 nitrogen and oxygen atoms in total. The zero-order chi connectivity index (χ0) is 15.8. The summed E-state index contributed by atoms with van der Waals surface area (Å²) < 4.78 is 39.8. The summed E-state index contributed by atoms with van der Waals surface area (Å²) in [6.45, 7) is 0. The molecule has 0 fully saturated rings. The largest absolute Gasteiger partial charge is 0.417 e. The summed E-state index contributed by atoms with van der Waals surface area (Å²) in [5.74, 6) is 0. The molecule has 2 aromatic rings. The summed E-state index contributed by atoms with van der Waals surface area (Å²) in [5, 5.41) is 0.574. The van der Waals surface area contributed by atoms with Crippen LogP contribution in [0.5, 0.6) is 0 Å². The van der Waals surface area contributed by atoms with Gasteiger partial charge in [0.25, 0.3) is 0 Å². The Hall–Kier alpha value is -0.420. The first-order valence-electron chi connectivity index (χ1n) is 5.65. The first kappa shape index (κ1) is 16.9. The minimum absolute atomic E-state index is 0.00117. The topological polar surface area (TPSA) is 0 Å². The van der Waals surface area contributed by atoms with Crippen molar-refractivity contribution in [1.29, 1.82) is 0 Å². The van der Waals surface area contributed by atoms with Crippen molar-refractivity contribution in [1.82, 2.24) is 0 Å². The highest BCUT2D eigenvalue weighted by Crippen LogP contribution is 2.45. The molecule has 112 valence electrons. The van der Waals surface area contributed by atoms with E-state index in [0.717, 1.165) is 6.07 Å². The van der Waals surface area contributed by atoms with Crippen molar-refractivity contribution in [3.63, 3.8) is 0 Å². The maximum absolute atomic E-state index is 13.3. The normalized spacial score (nSPS) is 11.8. The van der Waals surface area contributed by atoms with Crippen LogP contribution in [0.2, 0.25) is 15.1 Å². The third kappa shape index (κ3) is 3.50. The summed E-state index contributed by atoms with van der Waals surface area (Å²) in [6, 6.07) is 6.85. The minimum Gasteiger partial charge on any atom is -0.166 e. The SMILES string of the molecule is FC(F)(F)c1cc(CBr)ccc1-c1c(Cl)ccc(Cl)c1Cl. The van der Waals surface area contributed by atoms with Gasteiger partial charge in [-0.2, -0.15) is 13.2 Å². The maximum Gasteiger partial charge on any atom is 0.417 e. The number of alkyl halides is 4. The lowest BCUT2D eigenvalue weighted by Gasteiger charge is -2.16. The van der Waals surface area contributed by atoms with Gasteiger partial charge in [-0.05, 0) is 29.3 Å². The van der Waals surface area contributed by atoms with Gasteiger partial charge < -0.3 is 0 Å². The van der Waals surface area contributed by atoms with Crippen LogP contribution in [0.3, 0.4) is 0 Å². The van der Waals surface area contributed by atoms with Crippen LogP contribution in [0.1, 0.15) is 11.1 Å². The van der Waals surface area contributed by atoms with Crippen molar-refractivity contribution >= 4 is 50.7 Å². The van der Waals surface area contributed by atoms with Crippen LogP contribution in [0.15, 0.2) is 30.3 Å². The van der Waals surface area contributed by atoms with Gasteiger partial charge >= 0.3 is 6.18 Å². The van der Waals surface area contributed by atoms with E-state index in [9.17, 15) is 13.2 Å². The second-order valence-electron chi connectivity index (χ2n) is 4.23. The highest BCUT2D eigenvalue weighted by molar-refractivity contribution is 9.08. The number of hydrogen-bond donors (Lipinski definition) is 0. The predicted molar refractivity (Wildman–Crippen MR) is 84.5 cm³/mol. The number of hydrogen-bond acceptors (Lipinski definition) is 0. The zero-order valence-corrected chi connectivity index (χ0v) is 14.1. The van der Waals surface area contributed by atoms with Crippen molar-refractivity contribution < 1.29 is 13.2 Å². The lowest BCUT2D eigenvalue weighted by molar-refractivity contribution is -0.137. The van der Waals surface area contributed by atoms with Gasteiger partial charge in [-0.25, -0.2) is 0 Å².